The first-order valence-electron chi connectivity index (χ1n) is 15.4. The molecule has 4 aromatic carbocycles. The van der Waals surface area contributed by atoms with Crippen LogP contribution in [0.2, 0.25) is 0 Å². The SMILES string of the molecule is Cc1ccccc1-c1cccc2c1c(CNCC1CCCCC1)c(C(=O)O)n2CCCOc1cccc2ccccc12. The van der Waals surface area contributed by atoms with Gasteiger partial charge in [0.05, 0.1) is 6.61 Å². The lowest BCUT2D eigenvalue weighted by molar-refractivity contribution is 0.0683. The molecule has 2 N–H and O–H groups in total. The second-order valence-electron chi connectivity index (χ2n) is 11.6. The molecule has 216 valence electrons. The summed E-state index contributed by atoms with van der Waals surface area (Å²) in [6, 6.07) is 28.9. The Morgan fingerprint density at radius 1 is 0.905 bits per heavy atom. The molecule has 0 bridgehead atoms. The summed E-state index contributed by atoms with van der Waals surface area (Å²) >= 11 is 0. The highest BCUT2D eigenvalue weighted by Gasteiger charge is 2.25. The minimum atomic E-state index is -0.883. The zero-order chi connectivity index (χ0) is 28.9. The van der Waals surface area contributed by atoms with E-state index in [-0.39, 0.29) is 0 Å². The van der Waals surface area contributed by atoms with E-state index in [0.717, 1.165) is 50.7 Å². The van der Waals surface area contributed by atoms with Gasteiger partial charge >= 0.3 is 5.97 Å². The minimum Gasteiger partial charge on any atom is -0.493 e. The fourth-order valence-electron chi connectivity index (χ4n) is 6.75. The Morgan fingerprint density at radius 3 is 2.48 bits per heavy atom. The van der Waals surface area contributed by atoms with Crippen molar-refractivity contribution in [1.82, 2.24) is 9.88 Å². The molecule has 5 heteroatoms. The Labute approximate surface area is 248 Å². The molecule has 1 aliphatic rings. The fraction of sp³-hybridized carbons (Fsp3) is 0.324. The number of hydrogen-bond donors (Lipinski definition) is 2. The number of carboxylic acid groups (broad SMARTS) is 1. The quantitative estimate of drug-likeness (QED) is 0.159. The molecular formula is C37H40N2O3. The van der Waals surface area contributed by atoms with E-state index in [2.05, 4.69) is 72.9 Å². The molecule has 0 radical (unpaired) electrons. The second kappa shape index (κ2) is 12.8. The van der Waals surface area contributed by atoms with Crippen LogP contribution in [-0.4, -0.2) is 28.8 Å². The van der Waals surface area contributed by atoms with Crippen LogP contribution in [0, 0.1) is 12.8 Å². The summed E-state index contributed by atoms with van der Waals surface area (Å²) in [6.45, 7) is 4.64. The molecule has 0 aliphatic heterocycles. The molecule has 1 aliphatic carbocycles. The third kappa shape index (κ3) is 5.79. The average Bonchev–Trinajstić information content (AvgIpc) is 3.34. The van der Waals surface area contributed by atoms with Gasteiger partial charge in [0, 0.05) is 34.9 Å². The number of nitrogens with zero attached hydrogens (tertiary/aromatic N) is 1. The molecule has 0 saturated heterocycles. The third-order valence-corrected chi connectivity index (χ3v) is 8.82. The van der Waals surface area contributed by atoms with Gasteiger partial charge in [0.15, 0.2) is 0 Å². The number of aryl methyl sites for hydroxylation is 2. The van der Waals surface area contributed by atoms with Crippen molar-refractivity contribution in [2.45, 2.75) is 58.5 Å². The number of benzene rings is 4. The van der Waals surface area contributed by atoms with Crippen LogP contribution in [0.5, 0.6) is 5.75 Å². The highest BCUT2D eigenvalue weighted by Crippen LogP contribution is 2.37. The van der Waals surface area contributed by atoms with Crippen LogP contribution in [0.3, 0.4) is 0 Å². The molecule has 42 heavy (non-hydrogen) atoms. The number of hydrogen-bond acceptors (Lipinski definition) is 3. The van der Waals surface area contributed by atoms with Crippen molar-refractivity contribution in [3.05, 3.63) is 102 Å². The van der Waals surface area contributed by atoms with Gasteiger partial charge in [-0.2, -0.15) is 0 Å². The van der Waals surface area contributed by atoms with Crippen LogP contribution in [0.15, 0.2) is 84.9 Å². The molecule has 1 aromatic heterocycles. The van der Waals surface area contributed by atoms with Gasteiger partial charge in [0.2, 0.25) is 0 Å². The van der Waals surface area contributed by atoms with E-state index in [1.807, 2.05) is 28.8 Å². The minimum absolute atomic E-state index is 0.382. The Kier molecular flexibility index (Phi) is 8.57. The third-order valence-electron chi connectivity index (χ3n) is 8.82. The van der Waals surface area contributed by atoms with Gasteiger partial charge in [-0.15, -0.1) is 0 Å². The van der Waals surface area contributed by atoms with Crippen molar-refractivity contribution in [2.24, 2.45) is 5.92 Å². The van der Waals surface area contributed by atoms with Gasteiger partial charge in [0.25, 0.3) is 0 Å². The van der Waals surface area contributed by atoms with Crippen LogP contribution in [-0.2, 0) is 13.1 Å². The lowest BCUT2D eigenvalue weighted by Crippen LogP contribution is -2.25. The summed E-state index contributed by atoms with van der Waals surface area (Å²) in [5.74, 6) is 0.646. The molecule has 1 fully saturated rings. The molecule has 0 atom stereocenters. The maximum atomic E-state index is 12.9. The topological polar surface area (TPSA) is 63.5 Å². The lowest BCUT2D eigenvalue weighted by atomic mass is 9.89. The largest absolute Gasteiger partial charge is 0.493 e. The summed E-state index contributed by atoms with van der Waals surface area (Å²) in [7, 11) is 0. The molecule has 6 rings (SSSR count). The number of aromatic carboxylic acids is 1. The summed E-state index contributed by atoms with van der Waals surface area (Å²) in [5.41, 5.74) is 5.64. The van der Waals surface area contributed by atoms with Gasteiger partial charge < -0.3 is 19.7 Å². The molecule has 0 unspecified atom stereocenters. The predicted molar refractivity (Wildman–Crippen MR) is 171 cm³/mol. The summed E-state index contributed by atoms with van der Waals surface area (Å²) in [4.78, 5) is 12.9. The molecule has 0 amide bonds. The maximum absolute atomic E-state index is 12.9. The molecule has 0 spiro atoms. The molecular weight excluding hydrogens is 520 g/mol. The second-order valence-corrected chi connectivity index (χ2v) is 11.6. The van der Waals surface area contributed by atoms with E-state index in [9.17, 15) is 9.90 Å². The Bertz CT molecular complexity index is 1690. The number of nitrogens with one attached hydrogen (secondary N) is 1. The van der Waals surface area contributed by atoms with Crippen molar-refractivity contribution < 1.29 is 14.6 Å². The first-order valence-corrected chi connectivity index (χ1v) is 15.4. The highest BCUT2D eigenvalue weighted by molar-refractivity contribution is 6.05. The normalized spacial score (nSPS) is 14.0. The first kappa shape index (κ1) is 28.0. The van der Waals surface area contributed by atoms with Gasteiger partial charge in [-0.05, 0) is 72.9 Å². The van der Waals surface area contributed by atoms with E-state index in [0.29, 0.717) is 37.7 Å². The number of ether oxygens (including phenoxy) is 1. The Hall–Kier alpha value is -4.09. The van der Waals surface area contributed by atoms with Crippen molar-refractivity contribution in [2.75, 3.05) is 13.2 Å². The van der Waals surface area contributed by atoms with Crippen molar-refractivity contribution in [3.8, 4) is 16.9 Å². The number of rotatable bonds is 11. The number of fused-ring (bicyclic) bond motifs is 2. The molecule has 5 nitrogen and oxygen atoms in total. The number of aromatic nitrogens is 1. The van der Waals surface area contributed by atoms with Crippen LogP contribution in [0.4, 0.5) is 0 Å². The lowest BCUT2D eigenvalue weighted by Gasteiger charge is -2.22. The average molecular weight is 561 g/mol. The van der Waals surface area contributed by atoms with E-state index < -0.39 is 5.97 Å². The van der Waals surface area contributed by atoms with Gasteiger partial charge in [-0.3, -0.25) is 0 Å². The Morgan fingerprint density at radius 2 is 1.64 bits per heavy atom. The van der Waals surface area contributed by atoms with Crippen LogP contribution in [0.1, 0.15) is 60.1 Å². The van der Waals surface area contributed by atoms with Gasteiger partial charge in [-0.1, -0.05) is 92.1 Å². The van der Waals surface area contributed by atoms with E-state index in [1.54, 1.807) is 0 Å². The zero-order valence-corrected chi connectivity index (χ0v) is 24.4. The monoisotopic (exact) mass is 560 g/mol. The predicted octanol–water partition coefficient (Wildman–Crippen LogP) is 8.61. The summed E-state index contributed by atoms with van der Waals surface area (Å²) < 4.78 is 8.23. The number of carbonyl (C=O) groups is 1. The van der Waals surface area contributed by atoms with Crippen LogP contribution in [0.25, 0.3) is 32.8 Å². The van der Waals surface area contributed by atoms with Crippen LogP contribution < -0.4 is 10.1 Å². The van der Waals surface area contributed by atoms with Crippen molar-refractivity contribution >= 4 is 27.6 Å². The smallest absolute Gasteiger partial charge is 0.352 e. The first-order chi connectivity index (χ1) is 20.6. The van der Waals surface area contributed by atoms with Crippen molar-refractivity contribution in [1.29, 1.82) is 0 Å². The maximum Gasteiger partial charge on any atom is 0.352 e. The number of carboxylic acids is 1. The molecule has 1 heterocycles. The van der Waals surface area contributed by atoms with Gasteiger partial charge in [-0.25, -0.2) is 4.79 Å². The summed E-state index contributed by atoms with van der Waals surface area (Å²) in [6.07, 6.45) is 7.12. The highest BCUT2D eigenvalue weighted by atomic mass is 16.5. The van der Waals surface area contributed by atoms with Crippen molar-refractivity contribution in [3.63, 3.8) is 0 Å². The Balaban J connectivity index is 1.32. The van der Waals surface area contributed by atoms with E-state index >= 15 is 0 Å². The van der Waals surface area contributed by atoms with E-state index in [4.69, 9.17) is 4.74 Å². The summed E-state index contributed by atoms with van der Waals surface area (Å²) in [5, 5.41) is 17.5. The van der Waals surface area contributed by atoms with Gasteiger partial charge in [0.1, 0.15) is 11.4 Å². The molecule has 1 saturated carbocycles. The fourth-order valence-corrected chi connectivity index (χ4v) is 6.75. The van der Waals surface area contributed by atoms with E-state index in [1.165, 1.54) is 37.7 Å². The molecule has 5 aromatic rings. The standard InChI is InChI=1S/C37H40N2O3/c1-26-12-5-7-17-29(26)31-19-10-20-33-35(31)32(25-38-24-27-13-3-2-4-14-27)36(37(40)41)39(33)22-11-23-42-34-21-9-16-28-15-6-8-18-30(28)34/h5-10,12,15-21,27,38H,2-4,11,13-14,22-25H2,1H3,(H,40,41). The zero-order valence-electron chi connectivity index (χ0n) is 24.4. The van der Waals surface area contributed by atoms with Crippen LogP contribution >= 0.6 is 0 Å².